The highest BCUT2D eigenvalue weighted by atomic mass is 32.2. The lowest BCUT2D eigenvalue weighted by atomic mass is 10.00. The van der Waals surface area contributed by atoms with Gasteiger partial charge in [-0.1, -0.05) is 24.3 Å². The first kappa shape index (κ1) is 26.9. The third-order valence-corrected chi connectivity index (χ3v) is 8.79. The number of nitrogens with one attached hydrogen (secondary N) is 1. The highest BCUT2D eigenvalue weighted by molar-refractivity contribution is 7.92. The molecule has 1 atom stereocenters. The molecule has 2 aromatic heterocycles. The molecule has 210 valence electrons. The van der Waals surface area contributed by atoms with Gasteiger partial charge < -0.3 is 9.64 Å². The second-order valence-corrected chi connectivity index (χ2v) is 12.1. The molecule has 1 fully saturated rings. The van der Waals surface area contributed by atoms with Gasteiger partial charge >= 0.3 is 0 Å². The number of rotatable bonds is 3. The first-order valence-corrected chi connectivity index (χ1v) is 14.9. The number of fused-ring (bicyclic) bond motifs is 5. The van der Waals surface area contributed by atoms with Crippen molar-refractivity contribution < 1.29 is 17.9 Å². The van der Waals surface area contributed by atoms with Gasteiger partial charge in [-0.25, -0.2) is 18.1 Å². The van der Waals surface area contributed by atoms with Crippen LogP contribution in [0.15, 0.2) is 78.0 Å². The number of hydrogen-bond donors (Lipinski definition) is 1. The molecule has 1 saturated heterocycles. The predicted octanol–water partition coefficient (Wildman–Crippen LogP) is 3.68. The predicted molar refractivity (Wildman–Crippen MR) is 154 cm³/mol. The Labute approximate surface area is 239 Å². The summed E-state index contributed by atoms with van der Waals surface area (Å²) in [7, 11) is -4.09. The zero-order chi connectivity index (χ0) is 28.6. The summed E-state index contributed by atoms with van der Waals surface area (Å²) >= 11 is 0. The number of aromatic nitrogens is 3. The van der Waals surface area contributed by atoms with E-state index in [4.69, 9.17) is 4.74 Å². The van der Waals surface area contributed by atoms with E-state index in [1.54, 1.807) is 35.5 Å². The Kier molecular flexibility index (Phi) is 7.14. The fourth-order valence-electron chi connectivity index (χ4n) is 5.43. The number of sulfonamides is 1. The summed E-state index contributed by atoms with van der Waals surface area (Å²) in [6, 6.07) is 17.4. The summed E-state index contributed by atoms with van der Waals surface area (Å²) in [6.45, 7) is 6.55. The van der Waals surface area contributed by atoms with E-state index in [1.807, 2.05) is 44.2 Å². The highest BCUT2D eigenvalue weighted by Crippen LogP contribution is 2.30. The molecule has 2 aliphatic rings. The number of amides is 1. The molecule has 0 spiro atoms. The van der Waals surface area contributed by atoms with Crippen LogP contribution in [0.2, 0.25) is 0 Å². The van der Waals surface area contributed by atoms with Crippen molar-refractivity contribution in [3.63, 3.8) is 0 Å². The second kappa shape index (κ2) is 10.9. The standard InChI is InChI=1S/C30H30N6O4S/c1-20-5-3-6-21(2)28(20)26-16-27-33-30(32-26)34-41(38,39)25-8-4-7-23(15-25)29(37)36-14-13-35(18-24(36)19-40-27)17-22-9-11-31-12-10-22/h3-12,15-16,24H,13-14,17-19H2,1-2H3,(H,32,33,34)/t24-/m1/s1. The molecule has 4 bridgehead atoms. The van der Waals surface area contributed by atoms with E-state index in [0.29, 0.717) is 37.4 Å². The molecular formula is C30H30N6O4S. The van der Waals surface area contributed by atoms with Gasteiger partial charge in [0.15, 0.2) is 0 Å². The van der Waals surface area contributed by atoms with Crippen molar-refractivity contribution in [3.8, 4) is 17.1 Å². The molecule has 2 aromatic carbocycles. The van der Waals surface area contributed by atoms with E-state index < -0.39 is 10.0 Å². The number of piperazine rings is 1. The molecule has 2 aliphatic heterocycles. The van der Waals surface area contributed by atoms with Gasteiger partial charge in [-0.3, -0.25) is 14.7 Å². The zero-order valence-electron chi connectivity index (χ0n) is 22.8. The Balaban J connectivity index is 1.41. The highest BCUT2D eigenvalue weighted by Gasteiger charge is 2.33. The fourth-order valence-corrected chi connectivity index (χ4v) is 6.42. The molecule has 4 aromatic rings. The largest absolute Gasteiger partial charge is 0.475 e. The van der Waals surface area contributed by atoms with Gasteiger partial charge in [-0.2, -0.15) is 4.98 Å². The Morgan fingerprint density at radius 3 is 2.51 bits per heavy atom. The average Bonchev–Trinajstić information content (AvgIpc) is 2.96. The lowest BCUT2D eigenvalue weighted by Gasteiger charge is -2.41. The molecule has 4 heterocycles. The van der Waals surface area contributed by atoms with E-state index in [0.717, 1.165) is 22.3 Å². The van der Waals surface area contributed by atoms with Crippen molar-refractivity contribution in [2.24, 2.45) is 0 Å². The summed E-state index contributed by atoms with van der Waals surface area (Å²) in [5.41, 5.74) is 4.83. The molecule has 1 N–H and O–H groups in total. The molecular weight excluding hydrogens is 540 g/mol. The van der Waals surface area contributed by atoms with Gasteiger partial charge in [0.1, 0.15) is 6.61 Å². The molecule has 10 nitrogen and oxygen atoms in total. The maximum absolute atomic E-state index is 13.7. The number of ether oxygens (including phenoxy) is 1. The minimum Gasteiger partial charge on any atom is -0.475 e. The topological polar surface area (TPSA) is 118 Å². The number of carbonyl (C=O) groups is 1. The minimum atomic E-state index is -4.09. The first-order chi connectivity index (χ1) is 19.8. The van der Waals surface area contributed by atoms with Gasteiger partial charge in [-0.05, 0) is 60.9 Å². The van der Waals surface area contributed by atoms with Crippen LogP contribution in [0.3, 0.4) is 0 Å². The molecule has 6 rings (SSSR count). The summed E-state index contributed by atoms with van der Waals surface area (Å²) in [5, 5.41) is 0. The minimum absolute atomic E-state index is 0.0426. The van der Waals surface area contributed by atoms with Crippen LogP contribution >= 0.6 is 0 Å². The zero-order valence-corrected chi connectivity index (χ0v) is 23.6. The fraction of sp³-hybridized carbons (Fsp3) is 0.267. The van der Waals surface area contributed by atoms with Crippen molar-refractivity contribution in [2.75, 3.05) is 31.0 Å². The lowest BCUT2D eigenvalue weighted by molar-refractivity contribution is 0.0310. The number of aryl methyl sites for hydroxylation is 2. The Morgan fingerprint density at radius 2 is 1.73 bits per heavy atom. The number of hydrogen-bond acceptors (Lipinski definition) is 8. The van der Waals surface area contributed by atoms with Crippen molar-refractivity contribution in [1.29, 1.82) is 0 Å². The number of nitrogens with zero attached hydrogens (tertiary/aromatic N) is 5. The van der Waals surface area contributed by atoms with E-state index in [9.17, 15) is 13.2 Å². The van der Waals surface area contributed by atoms with Gasteiger partial charge in [-0.15, -0.1) is 0 Å². The van der Waals surface area contributed by atoms with Gasteiger partial charge in [0.2, 0.25) is 11.8 Å². The van der Waals surface area contributed by atoms with E-state index in [2.05, 4.69) is 24.6 Å². The van der Waals surface area contributed by atoms with Crippen LogP contribution < -0.4 is 9.46 Å². The van der Waals surface area contributed by atoms with E-state index in [1.165, 1.54) is 12.1 Å². The van der Waals surface area contributed by atoms with Gasteiger partial charge in [0, 0.05) is 55.8 Å². The summed E-state index contributed by atoms with van der Waals surface area (Å²) in [5.74, 6) is -0.122. The van der Waals surface area contributed by atoms with Crippen LogP contribution in [0.25, 0.3) is 11.3 Å². The monoisotopic (exact) mass is 570 g/mol. The van der Waals surface area contributed by atoms with Crippen molar-refractivity contribution in [1.82, 2.24) is 24.8 Å². The Bertz CT molecular complexity index is 1690. The normalized spacial score (nSPS) is 18.6. The number of pyridine rings is 1. The van der Waals surface area contributed by atoms with Crippen LogP contribution in [0.1, 0.15) is 27.0 Å². The van der Waals surface area contributed by atoms with Crippen molar-refractivity contribution in [2.45, 2.75) is 31.3 Å². The first-order valence-electron chi connectivity index (χ1n) is 13.4. The smallest absolute Gasteiger partial charge is 0.264 e. The summed E-state index contributed by atoms with van der Waals surface area (Å²) < 4.78 is 35.5. The third kappa shape index (κ3) is 5.63. The lowest BCUT2D eigenvalue weighted by Crippen LogP contribution is -2.57. The summed E-state index contributed by atoms with van der Waals surface area (Å²) in [6.07, 6.45) is 3.54. The van der Waals surface area contributed by atoms with E-state index in [-0.39, 0.29) is 35.3 Å². The van der Waals surface area contributed by atoms with Gasteiger partial charge in [0.05, 0.1) is 16.6 Å². The number of anilines is 1. The molecule has 41 heavy (non-hydrogen) atoms. The Hall–Kier alpha value is -4.35. The molecule has 0 aliphatic carbocycles. The van der Waals surface area contributed by atoms with Crippen LogP contribution in [-0.4, -0.2) is 71.4 Å². The van der Waals surface area contributed by atoms with Crippen LogP contribution in [0.4, 0.5) is 5.95 Å². The molecule has 0 unspecified atom stereocenters. The van der Waals surface area contributed by atoms with Crippen molar-refractivity contribution >= 4 is 21.9 Å². The molecule has 11 heteroatoms. The maximum Gasteiger partial charge on any atom is 0.264 e. The van der Waals surface area contributed by atoms with Gasteiger partial charge in [0.25, 0.3) is 15.9 Å². The van der Waals surface area contributed by atoms with Crippen LogP contribution in [0, 0.1) is 13.8 Å². The average molecular weight is 571 g/mol. The summed E-state index contributed by atoms with van der Waals surface area (Å²) in [4.78, 5) is 30.8. The Morgan fingerprint density at radius 1 is 0.976 bits per heavy atom. The maximum atomic E-state index is 13.7. The van der Waals surface area contributed by atoms with Crippen LogP contribution in [-0.2, 0) is 16.6 Å². The van der Waals surface area contributed by atoms with Crippen LogP contribution in [0.5, 0.6) is 5.88 Å². The SMILES string of the molecule is Cc1cccc(C)c1-c1cc2nc(n1)NS(=O)(=O)c1cccc(c1)C(=O)N1CCN(Cc3ccncc3)C[C@@H]1CO2. The third-order valence-electron chi connectivity index (χ3n) is 7.46. The molecule has 1 amide bonds. The molecule has 0 radical (unpaired) electrons. The van der Waals surface area contributed by atoms with Crippen molar-refractivity contribution in [3.05, 3.63) is 95.3 Å². The number of benzene rings is 2. The van der Waals surface area contributed by atoms with E-state index >= 15 is 0 Å². The second-order valence-electron chi connectivity index (χ2n) is 10.4. The quantitative estimate of drug-likeness (QED) is 0.397. The number of carbonyl (C=O) groups excluding carboxylic acids is 1. The molecule has 0 saturated carbocycles.